The third-order valence-corrected chi connectivity index (χ3v) is 2.66. The third-order valence-electron chi connectivity index (χ3n) is 2.66. The molecule has 0 aromatic heterocycles. The fourth-order valence-corrected chi connectivity index (χ4v) is 1.87. The first kappa shape index (κ1) is 9.83. The monoisotopic (exact) mass is 166 g/mol. The smallest absolute Gasteiger partial charge is 0.0320 e. The standard InChI is InChI=1S/C12H22/c1-11(2)7-6-10-12-8-4-3-5-9-12/h8,11H,3-7,9-10H2,1-2H3. The summed E-state index contributed by atoms with van der Waals surface area (Å²) in [5.41, 5.74) is 1.74. The van der Waals surface area contributed by atoms with Gasteiger partial charge in [-0.15, -0.1) is 0 Å². The minimum Gasteiger partial charge on any atom is -0.0853 e. The lowest BCUT2D eigenvalue weighted by Crippen LogP contribution is -1.93. The highest BCUT2D eigenvalue weighted by Crippen LogP contribution is 2.22. The van der Waals surface area contributed by atoms with Crippen LogP contribution >= 0.6 is 0 Å². The van der Waals surface area contributed by atoms with Gasteiger partial charge in [-0.25, -0.2) is 0 Å². The Morgan fingerprint density at radius 3 is 2.75 bits per heavy atom. The minimum atomic E-state index is 0.884. The first-order valence-corrected chi connectivity index (χ1v) is 5.47. The van der Waals surface area contributed by atoms with Gasteiger partial charge in [0, 0.05) is 0 Å². The minimum absolute atomic E-state index is 0.884. The van der Waals surface area contributed by atoms with Gasteiger partial charge in [-0.3, -0.25) is 0 Å². The van der Waals surface area contributed by atoms with Crippen LogP contribution in [0.4, 0.5) is 0 Å². The molecule has 0 aromatic carbocycles. The maximum absolute atomic E-state index is 2.48. The highest BCUT2D eigenvalue weighted by Gasteiger charge is 2.03. The summed E-state index contributed by atoms with van der Waals surface area (Å²) >= 11 is 0. The molecular weight excluding hydrogens is 144 g/mol. The molecule has 1 aliphatic carbocycles. The Morgan fingerprint density at radius 1 is 1.33 bits per heavy atom. The first-order chi connectivity index (χ1) is 5.79. The summed E-state index contributed by atoms with van der Waals surface area (Å²) in [5, 5.41) is 0. The average Bonchev–Trinajstić information content (AvgIpc) is 2.05. The van der Waals surface area contributed by atoms with Crippen molar-refractivity contribution in [3.05, 3.63) is 11.6 Å². The molecule has 0 heteroatoms. The van der Waals surface area contributed by atoms with E-state index < -0.39 is 0 Å². The topological polar surface area (TPSA) is 0 Å². The van der Waals surface area contributed by atoms with Crippen molar-refractivity contribution in [2.75, 3.05) is 0 Å². The van der Waals surface area contributed by atoms with Gasteiger partial charge in [0.05, 0.1) is 0 Å². The van der Waals surface area contributed by atoms with Gasteiger partial charge in [0.15, 0.2) is 0 Å². The van der Waals surface area contributed by atoms with E-state index in [9.17, 15) is 0 Å². The van der Waals surface area contributed by atoms with E-state index in [1.165, 1.54) is 44.9 Å². The van der Waals surface area contributed by atoms with Gasteiger partial charge < -0.3 is 0 Å². The molecule has 0 amide bonds. The Kier molecular flexibility index (Phi) is 4.42. The van der Waals surface area contributed by atoms with E-state index in [1.807, 2.05) is 0 Å². The van der Waals surface area contributed by atoms with Gasteiger partial charge in [0.1, 0.15) is 0 Å². The van der Waals surface area contributed by atoms with Crippen LogP contribution in [0.15, 0.2) is 11.6 Å². The lowest BCUT2D eigenvalue weighted by molar-refractivity contribution is 0.543. The molecule has 70 valence electrons. The van der Waals surface area contributed by atoms with Gasteiger partial charge in [0.2, 0.25) is 0 Å². The molecule has 0 N–H and O–H groups in total. The second-order valence-electron chi connectivity index (χ2n) is 4.39. The molecule has 12 heavy (non-hydrogen) atoms. The quantitative estimate of drug-likeness (QED) is 0.546. The molecule has 0 saturated carbocycles. The molecule has 0 heterocycles. The summed E-state index contributed by atoms with van der Waals surface area (Å²) in [4.78, 5) is 0. The molecule has 1 aliphatic rings. The summed E-state index contributed by atoms with van der Waals surface area (Å²) < 4.78 is 0. The molecule has 0 saturated heterocycles. The Hall–Kier alpha value is -0.260. The summed E-state index contributed by atoms with van der Waals surface area (Å²) in [6, 6.07) is 0. The average molecular weight is 166 g/mol. The zero-order valence-electron chi connectivity index (χ0n) is 8.60. The van der Waals surface area contributed by atoms with E-state index in [4.69, 9.17) is 0 Å². The second-order valence-corrected chi connectivity index (χ2v) is 4.39. The maximum atomic E-state index is 2.48. The zero-order valence-corrected chi connectivity index (χ0v) is 8.60. The fraction of sp³-hybridized carbons (Fsp3) is 0.833. The van der Waals surface area contributed by atoms with Crippen LogP contribution < -0.4 is 0 Å². The van der Waals surface area contributed by atoms with Crippen molar-refractivity contribution in [2.45, 2.75) is 58.8 Å². The van der Waals surface area contributed by atoms with E-state index in [0.717, 1.165) is 5.92 Å². The Morgan fingerprint density at radius 2 is 2.17 bits per heavy atom. The maximum Gasteiger partial charge on any atom is -0.0320 e. The van der Waals surface area contributed by atoms with Crippen LogP contribution in [0.1, 0.15) is 58.8 Å². The summed E-state index contributed by atoms with van der Waals surface area (Å²) in [5.74, 6) is 0.884. The lowest BCUT2D eigenvalue weighted by atomic mass is 9.94. The van der Waals surface area contributed by atoms with E-state index in [-0.39, 0.29) is 0 Å². The predicted octanol–water partition coefficient (Wildman–Crippen LogP) is 4.31. The van der Waals surface area contributed by atoms with Gasteiger partial charge in [-0.05, 0) is 44.4 Å². The van der Waals surface area contributed by atoms with E-state index in [0.29, 0.717) is 0 Å². The SMILES string of the molecule is CC(C)CCCC1=CCCCC1. The Bertz CT molecular complexity index is 142. The molecule has 0 spiro atoms. The molecule has 0 nitrogen and oxygen atoms in total. The largest absolute Gasteiger partial charge is 0.0853 e. The second kappa shape index (κ2) is 5.40. The fourth-order valence-electron chi connectivity index (χ4n) is 1.87. The molecule has 0 aromatic rings. The summed E-state index contributed by atoms with van der Waals surface area (Å²) in [6.07, 6.45) is 12.2. The Balaban J connectivity index is 2.09. The number of hydrogen-bond acceptors (Lipinski definition) is 0. The third kappa shape index (κ3) is 3.94. The van der Waals surface area contributed by atoms with Crippen LogP contribution in [0.25, 0.3) is 0 Å². The van der Waals surface area contributed by atoms with Gasteiger partial charge in [-0.2, -0.15) is 0 Å². The lowest BCUT2D eigenvalue weighted by Gasteiger charge is -2.12. The van der Waals surface area contributed by atoms with E-state index >= 15 is 0 Å². The first-order valence-electron chi connectivity index (χ1n) is 5.47. The van der Waals surface area contributed by atoms with Crippen LogP contribution in [0, 0.1) is 5.92 Å². The van der Waals surface area contributed by atoms with Gasteiger partial charge in [0.25, 0.3) is 0 Å². The molecule has 0 unspecified atom stereocenters. The Labute approximate surface area is 77.1 Å². The van der Waals surface area contributed by atoms with Crippen molar-refractivity contribution in [1.29, 1.82) is 0 Å². The molecular formula is C12H22. The normalized spacial score (nSPS) is 18.1. The van der Waals surface area contributed by atoms with Crippen molar-refractivity contribution < 1.29 is 0 Å². The van der Waals surface area contributed by atoms with Crippen LogP contribution in [0.2, 0.25) is 0 Å². The van der Waals surface area contributed by atoms with Gasteiger partial charge in [-0.1, -0.05) is 31.9 Å². The summed E-state index contributed by atoms with van der Waals surface area (Å²) in [7, 11) is 0. The molecule has 1 rings (SSSR count). The van der Waals surface area contributed by atoms with Crippen LogP contribution in [-0.2, 0) is 0 Å². The van der Waals surface area contributed by atoms with E-state index in [2.05, 4.69) is 19.9 Å². The van der Waals surface area contributed by atoms with Crippen LogP contribution in [-0.4, -0.2) is 0 Å². The van der Waals surface area contributed by atoms with Crippen molar-refractivity contribution in [3.8, 4) is 0 Å². The number of rotatable bonds is 4. The molecule has 0 radical (unpaired) electrons. The molecule has 0 bridgehead atoms. The number of allylic oxidation sites excluding steroid dienone is 2. The molecule has 0 atom stereocenters. The van der Waals surface area contributed by atoms with Crippen molar-refractivity contribution >= 4 is 0 Å². The van der Waals surface area contributed by atoms with Crippen LogP contribution in [0.5, 0.6) is 0 Å². The van der Waals surface area contributed by atoms with Crippen molar-refractivity contribution in [1.82, 2.24) is 0 Å². The van der Waals surface area contributed by atoms with Crippen molar-refractivity contribution in [2.24, 2.45) is 5.92 Å². The predicted molar refractivity (Wildman–Crippen MR) is 55.2 cm³/mol. The highest BCUT2D eigenvalue weighted by atomic mass is 14.1. The van der Waals surface area contributed by atoms with Crippen LogP contribution in [0.3, 0.4) is 0 Å². The van der Waals surface area contributed by atoms with E-state index in [1.54, 1.807) is 5.57 Å². The summed E-state index contributed by atoms with van der Waals surface area (Å²) in [6.45, 7) is 4.63. The zero-order chi connectivity index (χ0) is 8.81. The van der Waals surface area contributed by atoms with Crippen molar-refractivity contribution in [3.63, 3.8) is 0 Å². The number of hydrogen-bond donors (Lipinski definition) is 0. The van der Waals surface area contributed by atoms with Gasteiger partial charge >= 0.3 is 0 Å². The molecule has 0 fully saturated rings. The highest BCUT2D eigenvalue weighted by molar-refractivity contribution is 5.04. The molecule has 0 aliphatic heterocycles.